The van der Waals surface area contributed by atoms with Gasteiger partial charge >= 0.3 is 11.9 Å². The average molecular weight is 353 g/mol. The van der Waals surface area contributed by atoms with E-state index in [1.165, 1.54) is 0 Å². The van der Waals surface area contributed by atoms with E-state index in [4.69, 9.17) is 4.74 Å². The molecule has 1 heterocycles. The molecule has 0 radical (unpaired) electrons. The zero-order chi connectivity index (χ0) is 19.0. The van der Waals surface area contributed by atoms with Crippen LogP contribution in [0.3, 0.4) is 0 Å². The summed E-state index contributed by atoms with van der Waals surface area (Å²) in [5.74, 6) is -1.32. The summed E-state index contributed by atoms with van der Waals surface area (Å²) in [5.41, 5.74) is 4.15. The number of ether oxygens (including phenoxy) is 2. The molecule has 26 heavy (non-hydrogen) atoms. The molecule has 0 unspecified atom stereocenters. The molecule has 0 spiro atoms. The van der Waals surface area contributed by atoms with E-state index >= 15 is 0 Å². The third-order valence-electron chi connectivity index (χ3n) is 4.32. The normalized spacial score (nSPS) is 12.8. The van der Waals surface area contributed by atoms with Gasteiger partial charge in [-0.3, -0.25) is 14.5 Å². The Morgan fingerprint density at radius 3 is 2.31 bits per heavy atom. The summed E-state index contributed by atoms with van der Waals surface area (Å²) in [6.07, 6.45) is 0. The second kappa shape index (κ2) is 6.63. The summed E-state index contributed by atoms with van der Waals surface area (Å²) in [5, 5.41) is 0. The Balaban J connectivity index is 1.88. The second-order valence-corrected chi connectivity index (χ2v) is 6.34. The van der Waals surface area contributed by atoms with Gasteiger partial charge in [0.2, 0.25) is 0 Å². The Morgan fingerprint density at radius 1 is 1.04 bits per heavy atom. The molecular formula is C20H19NO5. The van der Waals surface area contributed by atoms with Crippen LogP contribution < -0.4 is 4.74 Å². The van der Waals surface area contributed by atoms with E-state index in [2.05, 4.69) is 4.74 Å². The van der Waals surface area contributed by atoms with Crippen molar-refractivity contribution in [2.24, 2.45) is 0 Å². The van der Waals surface area contributed by atoms with E-state index in [0.29, 0.717) is 16.9 Å². The van der Waals surface area contributed by atoms with Gasteiger partial charge in [0.1, 0.15) is 11.5 Å². The van der Waals surface area contributed by atoms with Crippen LogP contribution in [0.2, 0.25) is 0 Å². The van der Waals surface area contributed by atoms with Crippen molar-refractivity contribution < 1.29 is 23.9 Å². The van der Waals surface area contributed by atoms with E-state index in [9.17, 15) is 14.4 Å². The molecule has 134 valence electrons. The van der Waals surface area contributed by atoms with Crippen molar-refractivity contribution in [1.29, 1.82) is 0 Å². The topological polar surface area (TPSA) is 72.9 Å². The molecule has 6 heteroatoms. The molecule has 6 nitrogen and oxygen atoms in total. The molecule has 2 aromatic rings. The number of amides is 2. The fourth-order valence-electron chi connectivity index (χ4n) is 3.15. The number of imide groups is 1. The molecule has 0 saturated carbocycles. The number of benzene rings is 2. The summed E-state index contributed by atoms with van der Waals surface area (Å²) in [6, 6.07) is 9.12. The molecule has 0 atom stereocenters. The number of methoxy groups -OCH3 is 1. The second-order valence-electron chi connectivity index (χ2n) is 6.34. The predicted molar refractivity (Wildman–Crippen MR) is 94.1 cm³/mol. The molecule has 1 aliphatic rings. The lowest BCUT2D eigenvalue weighted by Gasteiger charge is -2.13. The molecule has 0 bridgehead atoms. The smallest absolute Gasteiger partial charge is 0.397 e. The summed E-state index contributed by atoms with van der Waals surface area (Å²) in [7, 11) is 1.10. The number of rotatable bonds is 2. The first-order chi connectivity index (χ1) is 12.3. The Morgan fingerprint density at radius 2 is 1.69 bits per heavy atom. The van der Waals surface area contributed by atoms with Crippen LogP contribution in [0.1, 0.15) is 32.6 Å². The Labute approximate surface area is 151 Å². The molecule has 0 saturated heterocycles. The van der Waals surface area contributed by atoms with Gasteiger partial charge in [-0.1, -0.05) is 23.8 Å². The SMILES string of the molecule is COC(=O)C(=O)N1Cc2ccc(Oc3c(C)cc(C)cc3C)cc2C1=O. The van der Waals surface area contributed by atoms with Crippen molar-refractivity contribution in [1.82, 2.24) is 4.90 Å². The van der Waals surface area contributed by atoms with E-state index in [1.807, 2.05) is 32.9 Å². The number of esters is 1. The number of carbonyl (C=O) groups is 3. The molecule has 0 N–H and O–H groups in total. The third-order valence-corrected chi connectivity index (χ3v) is 4.32. The van der Waals surface area contributed by atoms with Gasteiger partial charge in [0, 0.05) is 5.56 Å². The van der Waals surface area contributed by atoms with Gasteiger partial charge in [0.15, 0.2) is 0 Å². The highest BCUT2D eigenvalue weighted by molar-refractivity contribution is 6.36. The van der Waals surface area contributed by atoms with Crippen LogP contribution in [0.4, 0.5) is 0 Å². The largest absolute Gasteiger partial charge is 0.462 e. The lowest BCUT2D eigenvalue weighted by atomic mass is 10.1. The summed E-state index contributed by atoms with van der Waals surface area (Å²) in [4.78, 5) is 36.7. The average Bonchev–Trinajstić information content (AvgIpc) is 2.93. The van der Waals surface area contributed by atoms with Crippen LogP contribution in [0.5, 0.6) is 11.5 Å². The van der Waals surface area contributed by atoms with Crippen LogP contribution in [0, 0.1) is 20.8 Å². The molecule has 3 rings (SSSR count). The molecule has 1 aliphatic heterocycles. The number of aryl methyl sites for hydroxylation is 3. The number of carbonyl (C=O) groups excluding carboxylic acids is 3. The summed E-state index contributed by atoms with van der Waals surface area (Å²) >= 11 is 0. The van der Waals surface area contributed by atoms with Crippen LogP contribution in [-0.4, -0.2) is 29.8 Å². The Kier molecular flexibility index (Phi) is 4.50. The van der Waals surface area contributed by atoms with E-state index in [-0.39, 0.29) is 6.54 Å². The van der Waals surface area contributed by atoms with Crippen LogP contribution in [-0.2, 0) is 20.9 Å². The number of hydrogen-bond acceptors (Lipinski definition) is 5. The van der Waals surface area contributed by atoms with E-state index in [0.717, 1.165) is 34.4 Å². The maximum atomic E-state index is 12.5. The third kappa shape index (κ3) is 3.06. The zero-order valence-electron chi connectivity index (χ0n) is 15.1. The van der Waals surface area contributed by atoms with Crippen LogP contribution in [0.25, 0.3) is 0 Å². The fraction of sp³-hybridized carbons (Fsp3) is 0.250. The fourth-order valence-corrected chi connectivity index (χ4v) is 3.15. The van der Waals surface area contributed by atoms with Crippen molar-refractivity contribution >= 4 is 17.8 Å². The number of hydrogen-bond donors (Lipinski definition) is 0. The van der Waals surface area contributed by atoms with Crippen molar-refractivity contribution in [3.8, 4) is 11.5 Å². The Bertz CT molecular complexity index is 909. The van der Waals surface area contributed by atoms with Crippen molar-refractivity contribution in [2.75, 3.05) is 7.11 Å². The zero-order valence-corrected chi connectivity index (χ0v) is 15.1. The summed E-state index contributed by atoms with van der Waals surface area (Å²) < 4.78 is 10.4. The van der Waals surface area contributed by atoms with Crippen LogP contribution >= 0.6 is 0 Å². The molecule has 2 amide bonds. The van der Waals surface area contributed by atoms with E-state index < -0.39 is 17.8 Å². The van der Waals surface area contributed by atoms with Gasteiger partial charge in [-0.25, -0.2) is 4.79 Å². The predicted octanol–water partition coefficient (Wildman–Crippen LogP) is 3.06. The highest BCUT2D eigenvalue weighted by atomic mass is 16.5. The van der Waals surface area contributed by atoms with Gasteiger partial charge in [-0.05, 0) is 49.6 Å². The first-order valence-electron chi connectivity index (χ1n) is 8.14. The first kappa shape index (κ1) is 17.7. The first-order valence-corrected chi connectivity index (χ1v) is 8.14. The van der Waals surface area contributed by atoms with Crippen molar-refractivity contribution in [3.05, 3.63) is 58.1 Å². The molecule has 0 fully saturated rings. The molecule has 2 aromatic carbocycles. The Hall–Kier alpha value is -3.15. The summed E-state index contributed by atoms with van der Waals surface area (Å²) in [6.45, 7) is 5.99. The van der Waals surface area contributed by atoms with Gasteiger partial charge in [0.25, 0.3) is 5.91 Å². The monoisotopic (exact) mass is 353 g/mol. The highest BCUT2D eigenvalue weighted by Gasteiger charge is 2.36. The molecule has 0 aliphatic carbocycles. The van der Waals surface area contributed by atoms with E-state index in [1.54, 1.807) is 18.2 Å². The van der Waals surface area contributed by atoms with Gasteiger partial charge in [0.05, 0.1) is 13.7 Å². The molecule has 0 aromatic heterocycles. The lowest BCUT2D eigenvalue weighted by Crippen LogP contribution is -2.37. The maximum Gasteiger partial charge on any atom is 0.397 e. The number of nitrogens with zero attached hydrogens (tertiary/aromatic N) is 1. The van der Waals surface area contributed by atoms with Crippen LogP contribution in [0.15, 0.2) is 30.3 Å². The minimum Gasteiger partial charge on any atom is -0.462 e. The maximum absolute atomic E-state index is 12.5. The molecular weight excluding hydrogens is 334 g/mol. The van der Waals surface area contributed by atoms with Gasteiger partial charge < -0.3 is 9.47 Å². The van der Waals surface area contributed by atoms with Crippen molar-refractivity contribution in [3.63, 3.8) is 0 Å². The standard InChI is InChI=1S/C20H19NO5/c1-11-7-12(2)17(13(3)8-11)26-15-6-5-14-10-21(18(22)16(14)9-15)19(23)20(24)25-4/h5-9H,10H2,1-4H3. The van der Waals surface area contributed by atoms with Gasteiger partial charge in [-0.2, -0.15) is 0 Å². The number of fused-ring (bicyclic) bond motifs is 1. The lowest BCUT2D eigenvalue weighted by molar-refractivity contribution is -0.156. The highest BCUT2D eigenvalue weighted by Crippen LogP contribution is 2.33. The van der Waals surface area contributed by atoms with Crippen molar-refractivity contribution in [2.45, 2.75) is 27.3 Å². The minimum atomic E-state index is -1.06. The van der Waals surface area contributed by atoms with Gasteiger partial charge in [-0.15, -0.1) is 0 Å². The quantitative estimate of drug-likeness (QED) is 0.613. The minimum absolute atomic E-state index is 0.0466.